The minimum absolute atomic E-state index is 0.522. The lowest BCUT2D eigenvalue weighted by Gasteiger charge is -2.01. The zero-order chi connectivity index (χ0) is 10.7. The van der Waals surface area contributed by atoms with Crippen molar-refractivity contribution in [3.05, 3.63) is 24.2 Å². The van der Waals surface area contributed by atoms with Crippen LogP contribution in [0.5, 0.6) is 0 Å². The lowest BCUT2D eigenvalue weighted by Crippen LogP contribution is -1.98. The fourth-order valence-corrected chi connectivity index (χ4v) is 1.26. The second-order valence-corrected chi connectivity index (χ2v) is 3.11. The number of aromatic nitrogens is 3. The van der Waals surface area contributed by atoms with Gasteiger partial charge >= 0.3 is 0 Å². The zero-order valence-corrected chi connectivity index (χ0v) is 8.69. The van der Waals surface area contributed by atoms with E-state index in [1.54, 1.807) is 13.1 Å². The SMILES string of the molecule is CCNc1cc(-c2nc(C)no2)ccn1. The van der Waals surface area contributed by atoms with E-state index in [1.165, 1.54) is 0 Å². The highest BCUT2D eigenvalue weighted by atomic mass is 16.5. The highest BCUT2D eigenvalue weighted by Gasteiger charge is 2.06. The van der Waals surface area contributed by atoms with Crippen molar-refractivity contribution in [2.45, 2.75) is 13.8 Å². The standard InChI is InChI=1S/C10H12N4O/c1-3-11-9-6-8(4-5-12-9)10-13-7(2)14-15-10/h4-6H,3H2,1-2H3,(H,11,12). The first kappa shape index (κ1) is 9.64. The van der Waals surface area contributed by atoms with Crippen LogP contribution in [0.2, 0.25) is 0 Å². The Morgan fingerprint density at radius 1 is 1.47 bits per heavy atom. The van der Waals surface area contributed by atoms with Gasteiger partial charge in [-0.3, -0.25) is 0 Å². The fraction of sp³-hybridized carbons (Fsp3) is 0.300. The van der Waals surface area contributed by atoms with E-state index in [4.69, 9.17) is 4.52 Å². The van der Waals surface area contributed by atoms with Crippen LogP contribution < -0.4 is 5.32 Å². The van der Waals surface area contributed by atoms with Crippen molar-refractivity contribution in [1.29, 1.82) is 0 Å². The molecule has 0 aliphatic heterocycles. The maximum atomic E-state index is 5.07. The second kappa shape index (κ2) is 4.08. The lowest BCUT2D eigenvalue weighted by molar-refractivity contribution is 0.425. The van der Waals surface area contributed by atoms with Crippen LogP contribution >= 0.6 is 0 Å². The Balaban J connectivity index is 2.32. The molecule has 2 heterocycles. The summed E-state index contributed by atoms with van der Waals surface area (Å²) in [7, 11) is 0. The van der Waals surface area contributed by atoms with E-state index in [9.17, 15) is 0 Å². The largest absolute Gasteiger partial charge is 0.370 e. The van der Waals surface area contributed by atoms with Crippen LogP contribution in [0, 0.1) is 6.92 Å². The summed E-state index contributed by atoms with van der Waals surface area (Å²) in [4.78, 5) is 8.31. The molecule has 0 aliphatic carbocycles. The van der Waals surface area contributed by atoms with Crippen molar-refractivity contribution in [3.8, 4) is 11.5 Å². The summed E-state index contributed by atoms with van der Waals surface area (Å²) < 4.78 is 5.07. The molecule has 1 N–H and O–H groups in total. The number of anilines is 1. The second-order valence-electron chi connectivity index (χ2n) is 3.11. The summed E-state index contributed by atoms with van der Waals surface area (Å²) in [5, 5.41) is 6.87. The summed E-state index contributed by atoms with van der Waals surface area (Å²) in [5.74, 6) is 1.96. The van der Waals surface area contributed by atoms with E-state index in [0.717, 1.165) is 17.9 Å². The number of nitrogens with zero attached hydrogens (tertiary/aromatic N) is 3. The van der Waals surface area contributed by atoms with E-state index in [2.05, 4.69) is 20.4 Å². The topological polar surface area (TPSA) is 63.8 Å². The van der Waals surface area contributed by atoms with Crippen molar-refractivity contribution >= 4 is 5.82 Å². The quantitative estimate of drug-likeness (QED) is 0.826. The molecule has 0 fully saturated rings. The molecule has 2 aromatic heterocycles. The maximum Gasteiger partial charge on any atom is 0.258 e. The minimum atomic E-state index is 0.522. The average molecular weight is 204 g/mol. The molecule has 0 atom stereocenters. The highest BCUT2D eigenvalue weighted by Crippen LogP contribution is 2.18. The Hall–Kier alpha value is -1.91. The first-order valence-electron chi connectivity index (χ1n) is 4.80. The molecule has 0 saturated heterocycles. The number of pyridine rings is 1. The van der Waals surface area contributed by atoms with Crippen molar-refractivity contribution in [3.63, 3.8) is 0 Å². The predicted octanol–water partition coefficient (Wildman–Crippen LogP) is 1.87. The summed E-state index contributed by atoms with van der Waals surface area (Å²) in [6, 6.07) is 3.73. The monoisotopic (exact) mass is 204 g/mol. The summed E-state index contributed by atoms with van der Waals surface area (Å²) >= 11 is 0. The van der Waals surface area contributed by atoms with Gasteiger partial charge in [-0.1, -0.05) is 5.16 Å². The van der Waals surface area contributed by atoms with E-state index in [0.29, 0.717) is 11.7 Å². The molecule has 5 nitrogen and oxygen atoms in total. The van der Waals surface area contributed by atoms with E-state index in [-0.39, 0.29) is 0 Å². The van der Waals surface area contributed by atoms with Crippen LogP contribution in [0.1, 0.15) is 12.7 Å². The molecule has 0 aromatic carbocycles. The van der Waals surface area contributed by atoms with E-state index >= 15 is 0 Å². The summed E-state index contributed by atoms with van der Waals surface area (Å²) in [6.07, 6.45) is 1.72. The number of hydrogen-bond donors (Lipinski definition) is 1. The van der Waals surface area contributed by atoms with Crippen LogP contribution in [0.3, 0.4) is 0 Å². The van der Waals surface area contributed by atoms with Crippen LogP contribution in [0.4, 0.5) is 5.82 Å². The summed E-state index contributed by atoms with van der Waals surface area (Å²) in [5.41, 5.74) is 0.876. The molecule has 0 radical (unpaired) electrons. The predicted molar refractivity (Wildman–Crippen MR) is 56.4 cm³/mol. The van der Waals surface area contributed by atoms with Crippen molar-refractivity contribution in [2.75, 3.05) is 11.9 Å². The normalized spacial score (nSPS) is 10.3. The smallest absolute Gasteiger partial charge is 0.258 e. The van der Waals surface area contributed by atoms with Crippen LogP contribution in [-0.4, -0.2) is 21.7 Å². The Morgan fingerprint density at radius 3 is 3.00 bits per heavy atom. The molecule has 2 rings (SSSR count). The number of hydrogen-bond acceptors (Lipinski definition) is 5. The van der Waals surface area contributed by atoms with Gasteiger partial charge < -0.3 is 9.84 Å². The first-order valence-corrected chi connectivity index (χ1v) is 4.80. The molecule has 78 valence electrons. The number of rotatable bonds is 3. The van der Waals surface area contributed by atoms with Crippen molar-refractivity contribution in [2.24, 2.45) is 0 Å². The van der Waals surface area contributed by atoms with Gasteiger partial charge in [0, 0.05) is 18.3 Å². The van der Waals surface area contributed by atoms with Gasteiger partial charge in [-0.15, -0.1) is 0 Å². The third kappa shape index (κ3) is 2.12. The van der Waals surface area contributed by atoms with Crippen LogP contribution in [0.25, 0.3) is 11.5 Å². The number of aryl methyl sites for hydroxylation is 1. The maximum absolute atomic E-state index is 5.07. The van der Waals surface area contributed by atoms with Gasteiger partial charge in [0.15, 0.2) is 5.82 Å². The molecule has 0 amide bonds. The Bertz CT molecular complexity index is 452. The van der Waals surface area contributed by atoms with Gasteiger partial charge in [-0.2, -0.15) is 4.98 Å². The van der Waals surface area contributed by atoms with Gasteiger partial charge in [-0.05, 0) is 26.0 Å². The van der Waals surface area contributed by atoms with Gasteiger partial charge in [-0.25, -0.2) is 4.98 Å². The van der Waals surface area contributed by atoms with E-state index < -0.39 is 0 Å². The van der Waals surface area contributed by atoms with Gasteiger partial charge in [0.1, 0.15) is 5.82 Å². The molecule has 0 spiro atoms. The zero-order valence-electron chi connectivity index (χ0n) is 8.69. The molecule has 0 saturated carbocycles. The molecule has 5 heteroatoms. The Morgan fingerprint density at radius 2 is 2.33 bits per heavy atom. The summed E-state index contributed by atoms with van der Waals surface area (Å²) in [6.45, 7) is 4.64. The van der Waals surface area contributed by atoms with Gasteiger partial charge in [0.25, 0.3) is 5.89 Å². The fourth-order valence-electron chi connectivity index (χ4n) is 1.26. The molecule has 15 heavy (non-hydrogen) atoms. The average Bonchev–Trinajstić information content (AvgIpc) is 2.66. The van der Waals surface area contributed by atoms with E-state index in [1.807, 2.05) is 19.1 Å². The third-order valence-corrected chi connectivity index (χ3v) is 1.89. The number of nitrogens with one attached hydrogen (secondary N) is 1. The molecular weight excluding hydrogens is 192 g/mol. The molecule has 0 aliphatic rings. The molecular formula is C10H12N4O. The Labute approximate surface area is 87.5 Å². The van der Waals surface area contributed by atoms with Crippen LogP contribution in [-0.2, 0) is 0 Å². The van der Waals surface area contributed by atoms with Crippen molar-refractivity contribution < 1.29 is 4.52 Å². The van der Waals surface area contributed by atoms with Gasteiger partial charge in [0.05, 0.1) is 0 Å². The Kier molecular flexibility index (Phi) is 2.62. The van der Waals surface area contributed by atoms with Gasteiger partial charge in [0.2, 0.25) is 0 Å². The third-order valence-electron chi connectivity index (χ3n) is 1.89. The highest BCUT2D eigenvalue weighted by molar-refractivity contribution is 5.57. The minimum Gasteiger partial charge on any atom is -0.370 e. The van der Waals surface area contributed by atoms with Crippen LogP contribution in [0.15, 0.2) is 22.9 Å². The first-order chi connectivity index (χ1) is 7.29. The molecule has 0 unspecified atom stereocenters. The lowest BCUT2D eigenvalue weighted by atomic mass is 10.2. The molecule has 0 bridgehead atoms. The van der Waals surface area contributed by atoms with Crippen molar-refractivity contribution in [1.82, 2.24) is 15.1 Å². The molecule has 2 aromatic rings.